The number of aromatic nitrogens is 3. The van der Waals surface area contributed by atoms with Gasteiger partial charge in [-0.2, -0.15) is 5.10 Å². The predicted molar refractivity (Wildman–Crippen MR) is 84.5 cm³/mol. The fourth-order valence-electron chi connectivity index (χ4n) is 2.61. The lowest BCUT2D eigenvalue weighted by atomic mass is 10.2. The van der Waals surface area contributed by atoms with Crippen molar-refractivity contribution in [3.05, 3.63) is 59.4 Å². The summed E-state index contributed by atoms with van der Waals surface area (Å²) < 4.78 is 1.94. The van der Waals surface area contributed by atoms with Crippen LogP contribution in [0.15, 0.2) is 48.0 Å². The smallest absolute Gasteiger partial charge is 0.273 e. The summed E-state index contributed by atoms with van der Waals surface area (Å²) in [6.07, 6.45) is 1.78. The number of fused-ring (bicyclic) bond motifs is 1. The van der Waals surface area contributed by atoms with Gasteiger partial charge in [-0.1, -0.05) is 30.3 Å². The molecule has 0 aliphatic carbocycles. The van der Waals surface area contributed by atoms with E-state index in [0.29, 0.717) is 18.8 Å². The van der Waals surface area contributed by atoms with Gasteiger partial charge in [0.15, 0.2) is 0 Å². The molecule has 4 rings (SSSR count). The molecule has 22 heavy (non-hydrogen) atoms. The van der Waals surface area contributed by atoms with E-state index in [-0.39, 0.29) is 5.91 Å². The van der Waals surface area contributed by atoms with Gasteiger partial charge in [0.25, 0.3) is 5.91 Å². The number of carbonyl (C=O) groups is 1. The molecule has 1 aromatic carbocycles. The van der Waals surface area contributed by atoms with Crippen LogP contribution >= 0.6 is 11.3 Å². The zero-order valence-corrected chi connectivity index (χ0v) is 12.7. The summed E-state index contributed by atoms with van der Waals surface area (Å²) in [6.45, 7) is 2.01. The van der Waals surface area contributed by atoms with Gasteiger partial charge in [-0.25, -0.2) is 4.98 Å². The quantitative estimate of drug-likeness (QED) is 0.731. The lowest BCUT2D eigenvalue weighted by Gasteiger charge is -2.27. The molecule has 5 nitrogen and oxygen atoms in total. The van der Waals surface area contributed by atoms with Crippen LogP contribution in [0.3, 0.4) is 0 Å². The minimum absolute atomic E-state index is 0.00844. The molecule has 0 bridgehead atoms. The van der Waals surface area contributed by atoms with Crippen LogP contribution < -0.4 is 0 Å². The van der Waals surface area contributed by atoms with E-state index in [1.165, 1.54) is 11.3 Å². The second kappa shape index (κ2) is 5.38. The van der Waals surface area contributed by atoms with Crippen LogP contribution in [0, 0.1) is 0 Å². The molecule has 0 unspecified atom stereocenters. The van der Waals surface area contributed by atoms with E-state index in [9.17, 15) is 4.79 Å². The average molecular weight is 310 g/mol. The highest BCUT2D eigenvalue weighted by Gasteiger charge is 2.23. The minimum atomic E-state index is -0.00844. The Kier molecular flexibility index (Phi) is 3.23. The summed E-state index contributed by atoms with van der Waals surface area (Å²) in [7, 11) is 0. The van der Waals surface area contributed by atoms with Gasteiger partial charge >= 0.3 is 0 Å². The van der Waals surface area contributed by atoms with E-state index in [1.54, 1.807) is 6.20 Å². The first-order valence-electron chi connectivity index (χ1n) is 7.12. The number of hydrogen-bond acceptors (Lipinski definition) is 4. The van der Waals surface area contributed by atoms with E-state index >= 15 is 0 Å². The molecule has 3 heterocycles. The summed E-state index contributed by atoms with van der Waals surface area (Å²) in [5.74, 6) is -0.00844. The van der Waals surface area contributed by atoms with Crippen LogP contribution in [0.2, 0.25) is 0 Å². The Morgan fingerprint density at radius 1 is 1.14 bits per heavy atom. The predicted octanol–water partition coefficient (Wildman–Crippen LogP) is 2.66. The number of amides is 1. The second-order valence-electron chi connectivity index (χ2n) is 5.18. The van der Waals surface area contributed by atoms with Gasteiger partial charge in [-0.15, -0.1) is 11.3 Å². The van der Waals surface area contributed by atoms with Gasteiger partial charge < -0.3 is 4.90 Å². The van der Waals surface area contributed by atoms with Crippen LogP contribution in [0.25, 0.3) is 10.6 Å². The standard InChI is InChI=1S/C16H14N4OS/c21-16(19-8-9-20-13(10-19)6-7-17-20)14-11-22-15(18-14)12-4-2-1-3-5-12/h1-7,11H,8-10H2. The first-order chi connectivity index (χ1) is 10.8. The molecule has 0 radical (unpaired) electrons. The lowest BCUT2D eigenvalue weighted by molar-refractivity contribution is 0.0701. The highest BCUT2D eigenvalue weighted by Crippen LogP contribution is 2.24. The molecule has 2 aromatic heterocycles. The topological polar surface area (TPSA) is 51.0 Å². The maximum Gasteiger partial charge on any atom is 0.273 e. The second-order valence-corrected chi connectivity index (χ2v) is 6.03. The molecule has 0 N–H and O–H groups in total. The van der Waals surface area contributed by atoms with E-state index in [1.807, 2.05) is 51.4 Å². The fraction of sp³-hybridized carbons (Fsp3) is 0.188. The van der Waals surface area contributed by atoms with Crippen molar-refractivity contribution in [1.82, 2.24) is 19.7 Å². The first-order valence-corrected chi connectivity index (χ1v) is 8.00. The third kappa shape index (κ3) is 2.31. The molecule has 0 fully saturated rings. The van der Waals surface area contributed by atoms with E-state index in [4.69, 9.17) is 0 Å². The van der Waals surface area contributed by atoms with Crippen molar-refractivity contribution >= 4 is 17.2 Å². The molecule has 6 heteroatoms. The van der Waals surface area contributed by atoms with Gasteiger partial charge in [-0.05, 0) is 6.07 Å². The molecular weight excluding hydrogens is 296 g/mol. The van der Waals surface area contributed by atoms with E-state index in [0.717, 1.165) is 22.8 Å². The van der Waals surface area contributed by atoms with Crippen molar-refractivity contribution in [3.63, 3.8) is 0 Å². The fourth-order valence-corrected chi connectivity index (χ4v) is 3.41. The SMILES string of the molecule is O=C(c1csc(-c2ccccc2)n1)N1CCn2nccc2C1. The monoisotopic (exact) mass is 310 g/mol. The summed E-state index contributed by atoms with van der Waals surface area (Å²) >= 11 is 1.51. The number of rotatable bonds is 2. The zero-order valence-electron chi connectivity index (χ0n) is 11.8. The average Bonchev–Trinajstić information content (AvgIpc) is 3.23. The highest BCUT2D eigenvalue weighted by atomic mass is 32.1. The molecular formula is C16H14N4OS. The Morgan fingerprint density at radius 2 is 2.00 bits per heavy atom. The van der Waals surface area contributed by atoms with Gasteiger partial charge in [0.2, 0.25) is 0 Å². The summed E-state index contributed by atoms with van der Waals surface area (Å²) in [6, 6.07) is 11.9. The Morgan fingerprint density at radius 3 is 2.86 bits per heavy atom. The van der Waals surface area contributed by atoms with Crippen molar-refractivity contribution in [2.75, 3.05) is 6.54 Å². The van der Waals surface area contributed by atoms with Crippen LogP contribution in [0.5, 0.6) is 0 Å². The number of nitrogens with zero attached hydrogens (tertiary/aromatic N) is 4. The van der Waals surface area contributed by atoms with Crippen LogP contribution in [0.4, 0.5) is 0 Å². The molecule has 0 spiro atoms. The molecule has 0 atom stereocenters. The van der Waals surface area contributed by atoms with Gasteiger partial charge in [0, 0.05) is 23.7 Å². The lowest BCUT2D eigenvalue weighted by Crippen LogP contribution is -2.38. The Labute approximate surface area is 131 Å². The minimum Gasteiger partial charge on any atom is -0.330 e. The van der Waals surface area contributed by atoms with Crippen molar-refractivity contribution in [2.45, 2.75) is 13.1 Å². The molecule has 0 saturated heterocycles. The molecule has 110 valence electrons. The largest absolute Gasteiger partial charge is 0.330 e. The molecule has 1 amide bonds. The first kappa shape index (κ1) is 13.2. The molecule has 1 aliphatic rings. The molecule has 1 aliphatic heterocycles. The summed E-state index contributed by atoms with van der Waals surface area (Å²) in [5, 5.41) is 6.96. The zero-order chi connectivity index (χ0) is 14.9. The maximum absolute atomic E-state index is 12.6. The highest BCUT2D eigenvalue weighted by molar-refractivity contribution is 7.13. The number of hydrogen-bond donors (Lipinski definition) is 0. The Hall–Kier alpha value is -2.47. The Bertz CT molecular complexity index is 808. The van der Waals surface area contributed by atoms with Crippen molar-refractivity contribution in [2.24, 2.45) is 0 Å². The van der Waals surface area contributed by atoms with Crippen LogP contribution in [-0.2, 0) is 13.1 Å². The van der Waals surface area contributed by atoms with Crippen LogP contribution in [0.1, 0.15) is 16.2 Å². The van der Waals surface area contributed by atoms with Crippen molar-refractivity contribution in [3.8, 4) is 10.6 Å². The number of carbonyl (C=O) groups excluding carboxylic acids is 1. The van der Waals surface area contributed by atoms with E-state index < -0.39 is 0 Å². The van der Waals surface area contributed by atoms with E-state index in [2.05, 4.69) is 10.1 Å². The third-order valence-electron chi connectivity index (χ3n) is 3.77. The number of thiazole rings is 1. The van der Waals surface area contributed by atoms with Gasteiger partial charge in [0.1, 0.15) is 10.7 Å². The normalized spacial score (nSPS) is 13.9. The third-order valence-corrected chi connectivity index (χ3v) is 4.66. The molecule has 0 saturated carbocycles. The van der Waals surface area contributed by atoms with Crippen molar-refractivity contribution < 1.29 is 4.79 Å². The van der Waals surface area contributed by atoms with Gasteiger partial charge in [0.05, 0.1) is 18.8 Å². The number of benzene rings is 1. The summed E-state index contributed by atoms with van der Waals surface area (Å²) in [5.41, 5.74) is 2.64. The summed E-state index contributed by atoms with van der Waals surface area (Å²) in [4.78, 5) is 19.0. The van der Waals surface area contributed by atoms with Crippen LogP contribution in [-0.4, -0.2) is 32.1 Å². The van der Waals surface area contributed by atoms with Gasteiger partial charge in [-0.3, -0.25) is 9.48 Å². The maximum atomic E-state index is 12.6. The van der Waals surface area contributed by atoms with Crippen molar-refractivity contribution in [1.29, 1.82) is 0 Å². The molecule has 3 aromatic rings. The Balaban J connectivity index is 1.56.